The van der Waals surface area contributed by atoms with Crippen LogP contribution in [-0.2, 0) is 5.41 Å². The molecule has 0 N–H and O–H groups in total. The van der Waals surface area contributed by atoms with Crippen LogP contribution in [0.15, 0.2) is 92.1 Å². The van der Waals surface area contributed by atoms with Gasteiger partial charge in [-0.2, -0.15) is 0 Å². The molecule has 0 heteroatoms. The molecule has 0 saturated carbocycles. The van der Waals surface area contributed by atoms with Gasteiger partial charge in [0.25, 0.3) is 0 Å². The maximum Gasteiger partial charge on any atom is -0.00607 e. The first-order chi connectivity index (χ1) is 14.2. The Hall–Kier alpha value is -2.86. The first-order valence-electron chi connectivity index (χ1n) is 10.7. The minimum Gasteiger partial charge on any atom is -0.0998 e. The van der Waals surface area contributed by atoms with Crippen LogP contribution in [0.25, 0.3) is 22.3 Å². The van der Waals surface area contributed by atoms with Crippen molar-refractivity contribution in [2.24, 2.45) is 0 Å². The van der Waals surface area contributed by atoms with Crippen LogP contribution in [0, 0.1) is 0 Å². The third-order valence-corrected chi connectivity index (χ3v) is 5.92. The Bertz CT molecular complexity index is 981. The monoisotopic (exact) mass is 396 g/mol. The normalized spacial score (nSPS) is 11.0. The van der Waals surface area contributed by atoms with Crippen molar-refractivity contribution < 1.29 is 0 Å². The van der Waals surface area contributed by atoms with Crippen LogP contribution in [0.1, 0.15) is 64.2 Å². The third kappa shape index (κ3) is 5.00. The van der Waals surface area contributed by atoms with Gasteiger partial charge in [-0.25, -0.2) is 0 Å². The number of benzene rings is 2. The van der Waals surface area contributed by atoms with Crippen molar-refractivity contribution in [3.8, 4) is 11.1 Å². The molecule has 2 rings (SSSR count). The molecule has 0 atom stereocenters. The summed E-state index contributed by atoms with van der Waals surface area (Å²) in [4.78, 5) is 0. The minimum atomic E-state index is 0.102. The second-order valence-electron chi connectivity index (χ2n) is 8.80. The molecule has 0 aliphatic rings. The van der Waals surface area contributed by atoms with Gasteiger partial charge in [-0.3, -0.25) is 0 Å². The Balaban J connectivity index is 2.63. The smallest absolute Gasteiger partial charge is 0.00607 e. The van der Waals surface area contributed by atoms with Crippen molar-refractivity contribution >= 4 is 11.1 Å². The van der Waals surface area contributed by atoms with Gasteiger partial charge in [-0.15, -0.1) is 0 Å². The number of hydrogen-bond donors (Lipinski definition) is 0. The Morgan fingerprint density at radius 3 is 2.00 bits per heavy atom. The SMILES string of the molecule is C=CC(C=C)=C(CC(=C)C)c1ccc(-c2cccc(C(C)(C)CC)c2C(=C)C)cc1. The quantitative estimate of drug-likeness (QED) is 0.293. The zero-order valence-electron chi connectivity index (χ0n) is 19.4. The Labute approximate surface area is 184 Å². The summed E-state index contributed by atoms with van der Waals surface area (Å²) in [7, 11) is 0. The molecule has 0 amide bonds. The summed E-state index contributed by atoms with van der Waals surface area (Å²) in [6, 6.07) is 15.4. The van der Waals surface area contributed by atoms with Crippen LogP contribution in [-0.4, -0.2) is 0 Å². The first kappa shape index (κ1) is 23.4. The molecule has 2 aromatic rings. The lowest BCUT2D eigenvalue weighted by Gasteiger charge is -2.28. The summed E-state index contributed by atoms with van der Waals surface area (Å²) in [6.07, 6.45) is 5.63. The molecule has 0 unspecified atom stereocenters. The predicted molar refractivity (Wildman–Crippen MR) is 137 cm³/mol. The average molecular weight is 397 g/mol. The van der Waals surface area contributed by atoms with E-state index in [0.29, 0.717) is 0 Å². The Morgan fingerprint density at radius 1 is 0.933 bits per heavy atom. The Kier molecular flexibility index (Phi) is 7.62. The van der Waals surface area contributed by atoms with E-state index in [4.69, 9.17) is 0 Å². The third-order valence-electron chi connectivity index (χ3n) is 5.92. The van der Waals surface area contributed by atoms with Gasteiger partial charge in [-0.1, -0.05) is 113 Å². The fourth-order valence-corrected chi connectivity index (χ4v) is 3.86. The molecule has 2 aromatic carbocycles. The van der Waals surface area contributed by atoms with Gasteiger partial charge >= 0.3 is 0 Å². The van der Waals surface area contributed by atoms with Gasteiger partial charge in [0, 0.05) is 0 Å². The second-order valence-corrected chi connectivity index (χ2v) is 8.80. The highest BCUT2D eigenvalue weighted by Gasteiger charge is 2.23. The van der Waals surface area contributed by atoms with E-state index in [-0.39, 0.29) is 5.41 Å². The average Bonchev–Trinajstić information content (AvgIpc) is 2.73. The topological polar surface area (TPSA) is 0 Å². The van der Waals surface area contributed by atoms with Gasteiger partial charge in [-0.05, 0) is 71.1 Å². The highest BCUT2D eigenvalue weighted by Crippen LogP contribution is 2.39. The van der Waals surface area contributed by atoms with E-state index >= 15 is 0 Å². The molecule has 0 heterocycles. The first-order valence-corrected chi connectivity index (χ1v) is 10.7. The van der Waals surface area contributed by atoms with E-state index in [0.717, 1.165) is 29.6 Å². The molecule has 0 bridgehead atoms. The lowest BCUT2D eigenvalue weighted by Crippen LogP contribution is -2.18. The van der Waals surface area contributed by atoms with E-state index in [1.807, 2.05) is 12.2 Å². The summed E-state index contributed by atoms with van der Waals surface area (Å²) in [6.45, 7) is 27.3. The summed E-state index contributed by atoms with van der Waals surface area (Å²) in [5.41, 5.74) is 10.9. The maximum absolute atomic E-state index is 4.30. The summed E-state index contributed by atoms with van der Waals surface area (Å²) >= 11 is 0. The highest BCUT2D eigenvalue weighted by atomic mass is 14.3. The molecule has 0 fully saturated rings. The number of rotatable bonds is 9. The van der Waals surface area contributed by atoms with Gasteiger partial charge in [0.1, 0.15) is 0 Å². The molecule has 0 radical (unpaired) electrons. The second kappa shape index (κ2) is 9.76. The predicted octanol–water partition coefficient (Wildman–Crippen LogP) is 9.17. The van der Waals surface area contributed by atoms with E-state index in [2.05, 4.69) is 103 Å². The molecule has 0 spiro atoms. The van der Waals surface area contributed by atoms with Crippen molar-refractivity contribution in [2.45, 2.75) is 52.9 Å². The summed E-state index contributed by atoms with van der Waals surface area (Å²) in [5.74, 6) is 0. The number of hydrogen-bond acceptors (Lipinski definition) is 0. The Morgan fingerprint density at radius 2 is 1.53 bits per heavy atom. The largest absolute Gasteiger partial charge is 0.0998 e. The molecular weight excluding hydrogens is 360 g/mol. The lowest BCUT2D eigenvalue weighted by molar-refractivity contribution is 0.505. The molecule has 30 heavy (non-hydrogen) atoms. The van der Waals surface area contributed by atoms with Crippen molar-refractivity contribution in [2.75, 3.05) is 0 Å². The fraction of sp³-hybridized carbons (Fsp3) is 0.267. The van der Waals surface area contributed by atoms with Crippen molar-refractivity contribution in [1.29, 1.82) is 0 Å². The molecule has 0 aliphatic heterocycles. The zero-order chi connectivity index (χ0) is 22.5. The van der Waals surface area contributed by atoms with Crippen LogP contribution in [0.5, 0.6) is 0 Å². The van der Waals surface area contributed by atoms with Crippen molar-refractivity contribution in [3.63, 3.8) is 0 Å². The van der Waals surface area contributed by atoms with Gasteiger partial charge in [0.2, 0.25) is 0 Å². The standard InChI is InChI=1S/C30H36/c1-10-23(11-2)27(20-21(4)5)25-18-16-24(17-19-25)26-14-13-15-28(29(26)22(6)7)30(8,9)12-3/h10-11,13-19H,1-2,4,6,12,20H2,3,5,7-9H3. The maximum atomic E-state index is 4.30. The summed E-state index contributed by atoms with van der Waals surface area (Å²) < 4.78 is 0. The van der Waals surface area contributed by atoms with Gasteiger partial charge in [0.15, 0.2) is 0 Å². The van der Waals surface area contributed by atoms with Crippen molar-refractivity contribution in [3.05, 3.63) is 109 Å². The minimum absolute atomic E-state index is 0.102. The van der Waals surface area contributed by atoms with Crippen LogP contribution >= 0.6 is 0 Å². The molecule has 0 aromatic heterocycles. The molecule has 156 valence electrons. The van der Waals surface area contributed by atoms with E-state index < -0.39 is 0 Å². The van der Waals surface area contributed by atoms with Gasteiger partial charge in [0.05, 0.1) is 0 Å². The fourth-order valence-electron chi connectivity index (χ4n) is 3.86. The summed E-state index contributed by atoms with van der Waals surface area (Å²) in [5, 5.41) is 0. The van der Waals surface area contributed by atoms with Crippen LogP contribution in [0.3, 0.4) is 0 Å². The highest BCUT2D eigenvalue weighted by molar-refractivity contribution is 5.83. The van der Waals surface area contributed by atoms with Crippen LogP contribution < -0.4 is 0 Å². The molecule has 0 saturated heterocycles. The van der Waals surface area contributed by atoms with Crippen LogP contribution in [0.4, 0.5) is 0 Å². The lowest BCUT2D eigenvalue weighted by atomic mass is 9.76. The van der Waals surface area contributed by atoms with E-state index in [1.54, 1.807) is 0 Å². The van der Waals surface area contributed by atoms with E-state index in [9.17, 15) is 0 Å². The van der Waals surface area contributed by atoms with Gasteiger partial charge < -0.3 is 0 Å². The van der Waals surface area contributed by atoms with Crippen molar-refractivity contribution in [1.82, 2.24) is 0 Å². The zero-order valence-corrected chi connectivity index (χ0v) is 19.4. The molecule has 0 aliphatic carbocycles. The number of allylic oxidation sites excluding steroid dienone is 6. The molecule has 0 nitrogen and oxygen atoms in total. The molecular formula is C30H36. The van der Waals surface area contributed by atoms with Crippen LogP contribution in [0.2, 0.25) is 0 Å². The van der Waals surface area contributed by atoms with E-state index in [1.165, 1.54) is 33.4 Å².